The summed E-state index contributed by atoms with van der Waals surface area (Å²) in [5.74, 6) is 2.55. The van der Waals surface area contributed by atoms with Crippen LogP contribution in [0.2, 0.25) is 0 Å². The molecule has 3 atom stereocenters. The van der Waals surface area contributed by atoms with Crippen LogP contribution in [-0.4, -0.2) is 33.8 Å². The van der Waals surface area contributed by atoms with Crippen molar-refractivity contribution < 1.29 is 9.84 Å². The molecule has 3 nitrogen and oxygen atoms in total. The van der Waals surface area contributed by atoms with Crippen molar-refractivity contribution in [2.24, 2.45) is 5.92 Å². The minimum absolute atomic E-state index is 0.0311. The second-order valence-electron chi connectivity index (χ2n) is 5.29. The highest BCUT2D eigenvalue weighted by Gasteiger charge is 2.42. The summed E-state index contributed by atoms with van der Waals surface area (Å²) >= 11 is 1.97. The average molecular weight is 265 g/mol. The Kier molecular flexibility index (Phi) is 3.59. The molecule has 0 saturated carbocycles. The molecule has 3 heterocycles. The van der Waals surface area contributed by atoms with Crippen molar-refractivity contribution in [3.8, 4) is 0 Å². The minimum atomic E-state index is -0.447. The SMILES string of the molecule is OC(c1ccccn1)C1CCOC2(CCSC2)C1. The zero-order chi connectivity index (χ0) is 12.4. The van der Waals surface area contributed by atoms with E-state index in [4.69, 9.17) is 4.74 Å². The molecule has 3 unspecified atom stereocenters. The number of hydrogen-bond donors (Lipinski definition) is 1. The van der Waals surface area contributed by atoms with Crippen LogP contribution in [0.5, 0.6) is 0 Å². The van der Waals surface area contributed by atoms with Gasteiger partial charge < -0.3 is 9.84 Å². The lowest BCUT2D eigenvalue weighted by Gasteiger charge is -2.39. The predicted octanol–water partition coefficient (Wildman–Crippen LogP) is 2.42. The molecule has 1 spiro atoms. The second kappa shape index (κ2) is 5.19. The van der Waals surface area contributed by atoms with E-state index in [2.05, 4.69) is 4.98 Å². The van der Waals surface area contributed by atoms with Crippen LogP contribution in [0.25, 0.3) is 0 Å². The molecule has 0 amide bonds. The molecule has 4 heteroatoms. The molecule has 0 aliphatic carbocycles. The summed E-state index contributed by atoms with van der Waals surface area (Å²) in [6, 6.07) is 5.73. The molecular weight excluding hydrogens is 246 g/mol. The Bertz CT molecular complexity index is 392. The van der Waals surface area contributed by atoms with E-state index < -0.39 is 6.10 Å². The molecule has 0 bridgehead atoms. The maximum Gasteiger partial charge on any atom is 0.0989 e. The van der Waals surface area contributed by atoms with Gasteiger partial charge in [-0.1, -0.05) is 6.07 Å². The summed E-state index contributed by atoms with van der Waals surface area (Å²) in [5.41, 5.74) is 0.828. The summed E-state index contributed by atoms with van der Waals surface area (Å²) in [4.78, 5) is 4.27. The van der Waals surface area contributed by atoms with Crippen LogP contribution >= 0.6 is 11.8 Å². The Morgan fingerprint density at radius 3 is 3.17 bits per heavy atom. The van der Waals surface area contributed by atoms with E-state index in [1.807, 2.05) is 30.0 Å². The van der Waals surface area contributed by atoms with Gasteiger partial charge in [-0.3, -0.25) is 4.98 Å². The smallest absolute Gasteiger partial charge is 0.0989 e. The van der Waals surface area contributed by atoms with E-state index in [0.29, 0.717) is 0 Å². The zero-order valence-electron chi connectivity index (χ0n) is 10.4. The topological polar surface area (TPSA) is 42.4 Å². The predicted molar refractivity (Wildman–Crippen MR) is 72.5 cm³/mol. The number of thioether (sulfide) groups is 1. The molecule has 98 valence electrons. The minimum Gasteiger partial charge on any atom is -0.387 e. The summed E-state index contributed by atoms with van der Waals surface area (Å²) in [6.45, 7) is 0.773. The summed E-state index contributed by atoms with van der Waals surface area (Å²) in [6.07, 6.45) is 4.34. The van der Waals surface area contributed by atoms with Crippen LogP contribution in [0, 0.1) is 5.92 Å². The molecule has 2 aliphatic rings. The van der Waals surface area contributed by atoms with Crippen LogP contribution in [0.1, 0.15) is 31.1 Å². The molecule has 0 aromatic carbocycles. The van der Waals surface area contributed by atoms with Gasteiger partial charge in [0.25, 0.3) is 0 Å². The number of rotatable bonds is 2. The molecule has 1 N–H and O–H groups in total. The third-order valence-electron chi connectivity index (χ3n) is 4.04. The maximum atomic E-state index is 10.5. The number of pyridine rings is 1. The number of aliphatic hydroxyl groups is 1. The number of hydrogen-bond acceptors (Lipinski definition) is 4. The second-order valence-corrected chi connectivity index (χ2v) is 6.39. The van der Waals surface area contributed by atoms with Crippen LogP contribution in [-0.2, 0) is 4.74 Å². The van der Waals surface area contributed by atoms with E-state index in [9.17, 15) is 5.11 Å². The van der Waals surface area contributed by atoms with E-state index in [0.717, 1.165) is 37.3 Å². The third-order valence-corrected chi connectivity index (χ3v) is 5.26. The normalized spacial score (nSPS) is 33.7. The summed E-state index contributed by atoms with van der Waals surface area (Å²) in [5, 5.41) is 10.5. The zero-order valence-corrected chi connectivity index (χ0v) is 11.2. The largest absolute Gasteiger partial charge is 0.387 e. The monoisotopic (exact) mass is 265 g/mol. The van der Waals surface area contributed by atoms with Gasteiger partial charge in [-0.25, -0.2) is 0 Å². The Balaban J connectivity index is 1.72. The molecule has 1 aromatic rings. The van der Waals surface area contributed by atoms with Gasteiger partial charge in [0.2, 0.25) is 0 Å². The summed E-state index contributed by atoms with van der Waals surface area (Å²) < 4.78 is 5.99. The Morgan fingerprint density at radius 2 is 2.44 bits per heavy atom. The highest BCUT2D eigenvalue weighted by molar-refractivity contribution is 7.99. The van der Waals surface area contributed by atoms with Gasteiger partial charge in [0.05, 0.1) is 17.4 Å². The molecule has 2 aliphatic heterocycles. The Morgan fingerprint density at radius 1 is 1.50 bits per heavy atom. The molecule has 1 aromatic heterocycles. The quantitative estimate of drug-likeness (QED) is 0.891. The molecular formula is C14H19NO2S. The fraction of sp³-hybridized carbons (Fsp3) is 0.643. The van der Waals surface area contributed by atoms with Crippen molar-refractivity contribution in [2.75, 3.05) is 18.1 Å². The first kappa shape index (κ1) is 12.5. The van der Waals surface area contributed by atoms with Crippen LogP contribution in [0.4, 0.5) is 0 Å². The van der Waals surface area contributed by atoms with Crippen molar-refractivity contribution >= 4 is 11.8 Å². The number of aliphatic hydroxyl groups excluding tert-OH is 1. The standard InChI is InChI=1S/C14H19NO2S/c16-13(12-3-1-2-6-15-12)11-4-7-17-14(9-11)5-8-18-10-14/h1-3,6,11,13,16H,4-5,7-10H2. The van der Waals surface area contributed by atoms with Crippen LogP contribution < -0.4 is 0 Å². The van der Waals surface area contributed by atoms with Crippen LogP contribution in [0.15, 0.2) is 24.4 Å². The van der Waals surface area contributed by atoms with Gasteiger partial charge in [-0.15, -0.1) is 0 Å². The highest BCUT2D eigenvalue weighted by atomic mass is 32.2. The Hall–Kier alpha value is -0.580. The first-order valence-corrected chi connectivity index (χ1v) is 7.75. The first-order chi connectivity index (χ1) is 8.79. The lowest BCUT2D eigenvalue weighted by atomic mass is 9.81. The highest BCUT2D eigenvalue weighted by Crippen LogP contribution is 2.43. The lowest BCUT2D eigenvalue weighted by Crippen LogP contribution is -2.41. The van der Waals surface area contributed by atoms with Gasteiger partial charge >= 0.3 is 0 Å². The number of nitrogens with zero attached hydrogens (tertiary/aromatic N) is 1. The van der Waals surface area contributed by atoms with Gasteiger partial charge in [0.1, 0.15) is 0 Å². The Labute approximate surface area is 112 Å². The van der Waals surface area contributed by atoms with Crippen molar-refractivity contribution in [3.05, 3.63) is 30.1 Å². The lowest BCUT2D eigenvalue weighted by molar-refractivity contribution is -0.102. The van der Waals surface area contributed by atoms with Gasteiger partial charge in [0.15, 0.2) is 0 Å². The van der Waals surface area contributed by atoms with Crippen molar-refractivity contribution in [1.82, 2.24) is 4.98 Å². The van der Waals surface area contributed by atoms with Crippen molar-refractivity contribution in [1.29, 1.82) is 0 Å². The number of aromatic nitrogens is 1. The van der Waals surface area contributed by atoms with Crippen molar-refractivity contribution in [2.45, 2.75) is 31.0 Å². The van der Waals surface area contributed by atoms with Gasteiger partial charge in [-0.05, 0) is 43.1 Å². The van der Waals surface area contributed by atoms with Gasteiger partial charge in [-0.2, -0.15) is 11.8 Å². The molecule has 2 saturated heterocycles. The van der Waals surface area contributed by atoms with Crippen LogP contribution in [0.3, 0.4) is 0 Å². The van der Waals surface area contributed by atoms with Gasteiger partial charge in [0, 0.05) is 18.6 Å². The molecule has 2 fully saturated rings. The fourth-order valence-electron chi connectivity index (χ4n) is 2.99. The molecule has 18 heavy (non-hydrogen) atoms. The van der Waals surface area contributed by atoms with E-state index in [-0.39, 0.29) is 11.5 Å². The number of ether oxygens (including phenoxy) is 1. The van der Waals surface area contributed by atoms with E-state index >= 15 is 0 Å². The average Bonchev–Trinajstić information content (AvgIpc) is 2.87. The van der Waals surface area contributed by atoms with Crippen molar-refractivity contribution in [3.63, 3.8) is 0 Å². The molecule has 3 rings (SSSR count). The third kappa shape index (κ3) is 2.42. The molecule has 0 radical (unpaired) electrons. The maximum absolute atomic E-state index is 10.5. The summed E-state index contributed by atoms with van der Waals surface area (Å²) in [7, 11) is 0. The first-order valence-electron chi connectivity index (χ1n) is 6.60. The van der Waals surface area contributed by atoms with E-state index in [1.165, 1.54) is 5.75 Å². The fourth-order valence-corrected chi connectivity index (χ4v) is 4.37. The van der Waals surface area contributed by atoms with E-state index in [1.54, 1.807) is 6.20 Å².